The van der Waals surface area contributed by atoms with E-state index in [1.165, 1.54) is 6.07 Å². The van der Waals surface area contributed by atoms with Gasteiger partial charge in [0, 0.05) is 13.1 Å². The van der Waals surface area contributed by atoms with Gasteiger partial charge in [-0.3, -0.25) is 0 Å². The lowest BCUT2D eigenvalue weighted by atomic mass is 10.2. The summed E-state index contributed by atoms with van der Waals surface area (Å²) in [5.74, 6) is -1.07. The van der Waals surface area contributed by atoms with Gasteiger partial charge in [0.15, 0.2) is 5.82 Å². The molecule has 0 aliphatic heterocycles. The zero-order chi connectivity index (χ0) is 13.8. The average molecular weight is 266 g/mol. The lowest BCUT2D eigenvalue weighted by Gasteiger charge is -2.07. The summed E-state index contributed by atoms with van der Waals surface area (Å²) in [5, 5.41) is 2.73. The molecule has 1 aromatic carbocycles. The first-order valence-corrected chi connectivity index (χ1v) is 5.66. The van der Waals surface area contributed by atoms with E-state index in [1.807, 2.05) is 0 Å². The quantitative estimate of drug-likeness (QED) is 0.919. The fourth-order valence-corrected chi connectivity index (χ4v) is 1.45. The monoisotopic (exact) mass is 266 g/mol. The minimum atomic E-state index is -0.740. The Balaban J connectivity index is 2.51. The van der Waals surface area contributed by atoms with Gasteiger partial charge in [-0.1, -0.05) is 0 Å². The standard InChI is InChI=1S/C12H12F2N4O/c1-3-19-12-17-10(16-11(15-2)18-12)8-5-4-7(13)6-9(8)14/h4-6H,3H2,1-2H3,(H,15,16,17,18). The molecule has 5 nitrogen and oxygen atoms in total. The number of nitrogens with one attached hydrogen (secondary N) is 1. The number of hydrogen-bond acceptors (Lipinski definition) is 5. The molecule has 0 saturated carbocycles. The smallest absolute Gasteiger partial charge is 0.321 e. The fourth-order valence-electron chi connectivity index (χ4n) is 1.45. The van der Waals surface area contributed by atoms with Crippen LogP contribution >= 0.6 is 0 Å². The molecule has 0 saturated heterocycles. The zero-order valence-corrected chi connectivity index (χ0v) is 10.4. The van der Waals surface area contributed by atoms with Crippen molar-refractivity contribution in [3.05, 3.63) is 29.8 Å². The van der Waals surface area contributed by atoms with Gasteiger partial charge in [-0.15, -0.1) is 0 Å². The Labute approximate surface area is 108 Å². The second kappa shape index (κ2) is 5.55. The van der Waals surface area contributed by atoms with Crippen LogP contribution in [0.25, 0.3) is 11.4 Å². The van der Waals surface area contributed by atoms with E-state index in [0.29, 0.717) is 6.61 Å². The number of aromatic nitrogens is 3. The SMILES string of the molecule is CCOc1nc(NC)nc(-c2ccc(F)cc2F)n1. The minimum Gasteiger partial charge on any atom is -0.464 e. The molecular weight excluding hydrogens is 254 g/mol. The maximum Gasteiger partial charge on any atom is 0.321 e. The molecule has 0 fully saturated rings. The number of rotatable bonds is 4. The van der Waals surface area contributed by atoms with Gasteiger partial charge in [0.05, 0.1) is 12.2 Å². The molecule has 0 spiro atoms. The van der Waals surface area contributed by atoms with Gasteiger partial charge in [-0.2, -0.15) is 15.0 Å². The van der Waals surface area contributed by atoms with E-state index in [9.17, 15) is 8.78 Å². The minimum absolute atomic E-state index is 0.0836. The van der Waals surface area contributed by atoms with E-state index in [4.69, 9.17) is 4.74 Å². The van der Waals surface area contributed by atoms with Crippen molar-refractivity contribution in [2.45, 2.75) is 6.92 Å². The first kappa shape index (κ1) is 13.1. The first-order chi connectivity index (χ1) is 9.13. The molecule has 0 aliphatic carbocycles. The normalized spacial score (nSPS) is 10.3. The van der Waals surface area contributed by atoms with Gasteiger partial charge in [0.2, 0.25) is 5.95 Å². The van der Waals surface area contributed by atoms with Crippen molar-refractivity contribution in [1.29, 1.82) is 0 Å². The molecule has 0 aliphatic rings. The van der Waals surface area contributed by atoms with Crippen molar-refractivity contribution >= 4 is 5.95 Å². The van der Waals surface area contributed by atoms with Crippen molar-refractivity contribution in [2.24, 2.45) is 0 Å². The van der Waals surface area contributed by atoms with E-state index < -0.39 is 11.6 Å². The highest BCUT2D eigenvalue weighted by molar-refractivity contribution is 5.57. The fraction of sp³-hybridized carbons (Fsp3) is 0.250. The van der Waals surface area contributed by atoms with Crippen LogP contribution in [0.4, 0.5) is 14.7 Å². The molecule has 100 valence electrons. The van der Waals surface area contributed by atoms with Gasteiger partial charge in [0.1, 0.15) is 11.6 Å². The van der Waals surface area contributed by atoms with Gasteiger partial charge in [0.25, 0.3) is 0 Å². The molecule has 1 N–H and O–H groups in total. The van der Waals surface area contributed by atoms with E-state index in [2.05, 4.69) is 20.3 Å². The molecule has 0 bridgehead atoms. The van der Waals surface area contributed by atoms with Crippen LogP contribution in [0.15, 0.2) is 18.2 Å². The van der Waals surface area contributed by atoms with Crippen molar-refractivity contribution in [3.63, 3.8) is 0 Å². The second-order valence-corrected chi connectivity index (χ2v) is 3.57. The summed E-state index contributed by atoms with van der Waals surface area (Å²) in [6.45, 7) is 2.15. The zero-order valence-electron chi connectivity index (χ0n) is 10.4. The van der Waals surface area contributed by atoms with Crippen molar-refractivity contribution in [1.82, 2.24) is 15.0 Å². The molecule has 19 heavy (non-hydrogen) atoms. The van der Waals surface area contributed by atoms with Crippen LogP contribution in [-0.4, -0.2) is 28.6 Å². The van der Waals surface area contributed by atoms with Crippen LogP contribution in [0.3, 0.4) is 0 Å². The molecule has 2 aromatic rings. The third kappa shape index (κ3) is 2.93. The summed E-state index contributed by atoms with van der Waals surface area (Å²) in [6, 6.07) is 3.27. The summed E-state index contributed by atoms with van der Waals surface area (Å²) in [7, 11) is 1.62. The maximum absolute atomic E-state index is 13.7. The number of ether oxygens (including phenoxy) is 1. The largest absolute Gasteiger partial charge is 0.464 e. The second-order valence-electron chi connectivity index (χ2n) is 3.57. The van der Waals surface area contributed by atoms with Crippen LogP contribution in [-0.2, 0) is 0 Å². The Morgan fingerprint density at radius 2 is 2.00 bits per heavy atom. The lowest BCUT2D eigenvalue weighted by molar-refractivity contribution is 0.312. The van der Waals surface area contributed by atoms with Crippen molar-refractivity contribution < 1.29 is 13.5 Å². The number of anilines is 1. The highest BCUT2D eigenvalue weighted by Gasteiger charge is 2.13. The molecule has 1 heterocycles. The van der Waals surface area contributed by atoms with Gasteiger partial charge < -0.3 is 10.1 Å². The average Bonchev–Trinajstić information content (AvgIpc) is 2.38. The molecule has 0 atom stereocenters. The predicted octanol–water partition coefficient (Wildman–Crippen LogP) is 2.26. The van der Waals surface area contributed by atoms with Crippen LogP contribution in [0.1, 0.15) is 6.92 Å². The third-order valence-corrected chi connectivity index (χ3v) is 2.28. The summed E-state index contributed by atoms with van der Waals surface area (Å²) in [6.07, 6.45) is 0. The summed E-state index contributed by atoms with van der Waals surface area (Å²) in [4.78, 5) is 12.0. The number of hydrogen-bond donors (Lipinski definition) is 1. The number of nitrogens with zero attached hydrogens (tertiary/aromatic N) is 3. The molecule has 0 unspecified atom stereocenters. The van der Waals surface area contributed by atoms with Crippen molar-refractivity contribution in [2.75, 3.05) is 19.0 Å². The van der Waals surface area contributed by atoms with Crippen LogP contribution in [0.5, 0.6) is 6.01 Å². The predicted molar refractivity (Wildman–Crippen MR) is 65.9 cm³/mol. The Hall–Kier alpha value is -2.31. The highest BCUT2D eigenvalue weighted by Crippen LogP contribution is 2.22. The molecule has 0 amide bonds. The van der Waals surface area contributed by atoms with E-state index in [0.717, 1.165) is 12.1 Å². The lowest BCUT2D eigenvalue weighted by Crippen LogP contribution is -2.05. The molecule has 7 heteroatoms. The Kier molecular flexibility index (Phi) is 3.84. The topological polar surface area (TPSA) is 59.9 Å². The molecule has 2 rings (SSSR count). The first-order valence-electron chi connectivity index (χ1n) is 5.66. The van der Waals surface area contributed by atoms with Gasteiger partial charge >= 0.3 is 6.01 Å². The summed E-state index contributed by atoms with van der Waals surface area (Å²) in [5.41, 5.74) is 0.0845. The third-order valence-electron chi connectivity index (χ3n) is 2.28. The summed E-state index contributed by atoms with van der Waals surface area (Å²) >= 11 is 0. The van der Waals surface area contributed by atoms with Crippen LogP contribution in [0.2, 0.25) is 0 Å². The number of benzene rings is 1. The molecule has 0 radical (unpaired) electrons. The van der Waals surface area contributed by atoms with Gasteiger partial charge in [-0.05, 0) is 19.1 Å². The van der Waals surface area contributed by atoms with Crippen LogP contribution < -0.4 is 10.1 Å². The van der Waals surface area contributed by atoms with Crippen LogP contribution in [0, 0.1) is 11.6 Å². The molecular formula is C12H12F2N4O. The molecule has 1 aromatic heterocycles. The highest BCUT2D eigenvalue weighted by atomic mass is 19.1. The summed E-state index contributed by atoms with van der Waals surface area (Å²) < 4.78 is 31.7. The van der Waals surface area contributed by atoms with E-state index in [-0.39, 0.29) is 23.3 Å². The Morgan fingerprint density at radius 1 is 1.21 bits per heavy atom. The number of halogens is 2. The van der Waals surface area contributed by atoms with Gasteiger partial charge in [-0.25, -0.2) is 8.78 Å². The Morgan fingerprint density at radius 3 is 2.63 bits per heavy atom. The van der Waals surface area contributed by atoms with E-state index >= 15 is 0 Å². The van der Waals surface area contributed by atoms with E-state index in [1.54, 1.807) is 14.0 Å². The maximum atomic E-state index is 13.7. The van der Waals surface area contributed by atoms with Crippen molar-refractivity contribution in [3.8, 4) is 17.4 Å². The Bertz CT molecular complexity index is 592.